The van der Waals surface area contributed by atoms with E-state index in [4.69, 9.17) is 10.5 Å². The van der Waals surface area contributed by atoms with E-state index in [2.05, 4.69) is 44.9 Å². The third-order valence-corrected chi connectivity index (χ3v) is 4.75. The highest BCUT2D eigenvalue weighted by molar-refractivity contribution is 9.10. The van der Waals surface area contributed by atoms with Crippen molar-refractivity contribution in [2.45, 2.75) is 26.4 Å². The number of anilines is 1. The first-order valence-electron chi connectivity index (χ1n) is 7.35. The largest absolute Gasteiger partial charge is 0.465 e. The maximum absolute atomic E-state index is 11.9. The molecule has 24 heavy (non-hydrogen) atoms. The number of hydrogen-bond acceptors (Lipinski definition) is 6. The molecule has 1 aromatic carbocycles. The molecule has 0 spiro atoms. The van der Waals surface area contributed by atoms with Crippen molar-refractivity contribution in [3.05, 3.63) is 45.4 Å². The normalized spacial score (nSPS) is 11.8. The predicted octanol–water partition coefficient (Wildman–Crippen LogP) is 4.04. The fourth-order valence-corrected chi connectivity index (χ4v) is 3.40. The number of nitrogens with two attached hydrogens (primary N) is 1. The zero-order valence-electron chi connectivity index (χ0n) is 13.6. The molecule has 0 amide bonds. The van der Waals surface area contributed by atoms with Gasteiger partial charge in [-0.15, -0.1) is 23.7 Å². The van der Waals surface area contributed by atoms with E-state index in [0.29, 0.717) is 18.3 Å². The Morgan fingerprint density at radius 2 is 2.25 bits per heavy atom. The summed E-state index contributed by atoms with van der Waals surface area (Å²) in [4.78, 5) is 19.1. The molecule has 0 fully saturated rings. The molecule has 1 atom stereocenters. The van der Waals surface area contributed by atoms with Gasteiger partial charge in [0.15, 0.2) is 5.13 Å². The molecular weight excluding hydrogens is 414 g/mol. The third-order valence-electron chi connectivity index (χ3n) is 3.45. The van der Waals surface area contributed by atoms with Crippen LogP contribution in [0.2, 0.25) is 0 Å². The van der Waals surface area contributed by atoms with Crippen LogP contribution in [-0.2, 0) is 16.1 Å². The van der Waals surface area contributed by atoms with Crippen molar-refractivity contribution in [2.75, 3.05) is 18.9 Å². The Morgan fingerprint density at radius 1 is 1.50 bits per heavy atom. The van der Waals surface area contributed by atoms with E-state index < -0.39 is 0 Å². The van der Waals surface area contributed by atoms with E-state index in [9.17, 15) is 4.79 Å². The Kier molecular flexibility index (Phi) is 8.69. The lowest BCUT2D eigenvalue weighted by Crippen LogP contribution is -2.32. The lowest BCUT2D eigenvalue weighted by molar-refractivity contribution is -0.145. The molecular formula is C16H21BrClN3O2S. The molecule has 1 unspecified atom stereocenters. The molecule has 0 aliphatic carbocycles. The van der Waals surface area contributed by atoms with Crippen LogP contribution >= 0.6 is 39.7 Å². The summed E-state index contributed by atoms with van der Waals surface area (Å²) in [6.07, 6.45) is 1.76. The van der Waals surface area contributed by atoms with Crippen LogP contribution in [0.5, 0.6) is 0 Å². The first-order chi connectivity index (χ1) is 11.0. The van der Waals surface area contributed by atoms with Crippen LogP contribution in [0.4, 0.5) is 5.13 Å². The van der Waals surface area contributed by atoms with Crippen molar-refractivity contribution in [1.29, 1.82) is 0 Å². The molecule has 0 saturated carbocycles. The number of ether oxygens (including phenoxy) is 1. The summed E-state index contributed by atoms with van der Waals surface area (Å²) in [6.45, 7) is 5.08. The maximum atomic E-state index is 11.9. The number of esters is 1. The number of aromatic nitrogens is 1. The molecule has 8 heteroatoms. The minimum Gasteiger partial charge on any atom is -0.465 e. The Hall–Kier alpha value is -1.15. The summed E-state index contributed by atoms with van der Waals surface area (Å²) in [5, 5.41) is 0.534. The van der Waals surface area contributed by atoms with Gasteiger partial charge in [-0.2, -0.15) is 0 Å². The van der Waals surface area contributed by atoms with Crippen LogP contribution in [-0.4, -0.2) is 29.0 Å². The number of benzene rings is 1. The quantitative estimate of drug-likeness (QED) is 0.666. The van der Waals surface area contributed by atoms with Gasteiger partial charge in [0.1, 0.15) is 0 Å². The van der Waals surface area contributed by atoms with E-state index in [-0.39, 0.29) is 31.0 Å². The van der Waals surface area contributed by atoms with Gasteiger partial charge in [0.25, 0.3) is 0 Å². The summed E-state index contributed by atoms with van der Waals surface area (Å²) >= 11 is 4.93. The molecule has 2 N–H and O–H groups in total. The van der Waals surface area contributed by atoms with Gasteiger partial charge in [0.2, 0.25) is 0 Å². The van der Waals surface area contributed by atoms with E-state index in [1.807, 2.05) is 19.1 Å². The van der Waals surface area contributed by atoms with Crippen molar-refractivity contribution in [3.63, 3.8) is 0 Å². The Morgan fingerprint density at radius 3 is 2.83 bits per heavy atom. The number of nitrogens with zero attached hydrogens (tertiary/aromatic N) is 2. The van der Waals surface area contributed by atoms with Crippen LogP contribution in [0.15, 0.2) is 34.9 Å². The molecule has 2 rings (SSSR count). The highest BCUT2D eigenvalue weighted by Crippen LogP contribution is 2.26. The Labute approximate surface area is 160 Å². The lowest BCUT2D eigenvalue weighted by atomic mass is 10.1. The van der Waals surface area contributed by atoms with Crippen molar-refractivity contribution in [3.8, 4) is 0 Å². The van der Waals surface area contributed by atoms with E-state index >= 15 is 0 Å². The average Bonchev–Trinajstić information content (AvgIpc) is 2.91. The van der Waals surface area contributed by atoms with Crippen LogP contribution in [0.3, 0.4) is 0 Å². The molecule has 0 radical (unpaired) electrons. The van der Waals surface area contributed by atoms with Crippen LogP contribution in [0, 0.1) is 0 Å². The number of halogens is 2. The first kappa shape index (κ1) is 20.9. The third kappa shape index (κ3) is 6.05. The zero-order valence-corrected chi connectivity index (χ0v) is 16.8. The van der Waals surface area contributed by atoms with E-state index in [1.54, 1.807) is 6.20 Å². The number of rotatable bonds is 7. The fraction of sp³-hybridized carbons (Fsp3) is 0.375. The Balaban J connectivity index is 0.00000288. The highest BCUT2D eigenvalue weighted by Gasteiger charge is 2.21. The molecule has 1 aromatic heterocycles. The van der Waals surface area contributed by atoms with Crippen LogP contribution in [0.25, 0.3) is 0 Å². The lowest BCUT2D eigenvalue weighted by Gasteiger charge is -2.28. The maximum Gasteiger partial charge on any atom is 0.320 e. The summed E-state index contributed by atoms with van der Waals surface area (Å²) in [5.41, 5.74) is 6.83. The molecule has 1 heterocycles. The fourth-order valence-electron chi connectivity index (χ4n) is 2.28. The number of carbonyl (C=O) groups is 1. The summed E-state index contributed by atoms with van der Waals surface area (Å²) in [6, 6.07) is 8.14. The van der Waals surface area contributed by atoms with Crippen molar-refractivity contribution in [1.82, 2.24) is 9.88 Å². The minimum atomic E-state index is -0.230. The van der Waals surface area contributed by atoms with Gasteiger partial charge in [-0.3, -0.25) is 9.69 Å². The number of thiazole rings is 1. The molecule has 0 bridgehead atoms. The van der Waals surface area contributed by atoms with Crippen molar-refractivity contribution < 1.29 is 9.53 Å². The SMILES string of the molecule is CCOC(=O)CN(Cc1cnc(N)s1)C(C)c1cccc(Br)c1.Cl. The second-order valence-electron chi connectivity index (χ2n) is 5.11. The monoisotopic (exact) mass is 433 g/mol. The first-order valence-corrected chi connectivity index (χ1v) is 8.96. The molecule has 0 aliphatic heterocycles. The molecule has 0 saturated heterocycles. The van der Waals surface area contributed by atoms with Crippen molar-refractivity contribution in [2.24, 2.45) is 0 Å². The topological polar surface area (TPSA) is 68.5 Å². The van der Waals surface area contributed by atoms with Gasteiger partial charge in [-0.05, 0) is 31.5 Å². The average molecular weight is 435 g/mol. The number of nitrogen functional groups attached to an aromatic ring is 1. The van der Waals surface area contributed by atoms with Gasteiger partial charge in [0, 0.05) is 28.1 Å². The smallest absolute Gasteiger partial charge is 0.320 e. The van der Waals surface area contributed by atoms with Crippen LogP contribution < -0.4 is 5.73 Å². The standard InChI is InChI=1S/C16H20BrN3O2S.ClH/c1-3-22-15(21)10-20(9-14-8-19-16(18)23-14)11(2)12-5-4-6-13(17)7-12;/h4-8,11H,3,9-10H2,1-2H3,(H2,18,19);1H. The van der Waals surface area contributed by atoms with Gasteiger partial charge in [-0.1, -0.05) is 28.1 Å². The van der Waals surface area contributed by atoms with E-state index in [1.165, 1.54) is 11.3 Å². The van der Waals surface area contributed by atoms with Crippen molar-refractivity contribution >= 4 is 50.8 Å². The summed E-state index contributed by atoms with van der Waals surface area (Å²) in [5.74, 6) is -0.230. The minimum absolute atomic E-state index is 0. The highest BCUT2D eigenvalue weighted by atomic mass is 79.9. The van der Waals surface area contributed by atoms with Gasteiger partial charge in [0.05, 0.1) is 13.2 Å². The zero-order chi connectivity index (χ0) is 16.8. The van der Waals surface area contributed by atoms with Crippen LogP contribution in [0.1, 0.15) is 30.3 Å². The Bertz CT molecular complexity index is 668. The number of carbonyl (C=O) groups excluding carboxylic acids is 1. The predicted molar refractivity (Wildman–Crippen MR) is 103 cm³/mol. The second kappa shape index (κ2) is 9.98. The molecule has 0 aliphatic rings. The van der Waals surface area contributed by atoms with Gasteiger partial charge in [-0.25, -0.2) is 4.98 Å². The van der Waals surface area contributed by atoms with Gasteiger partial charge < -0.3 is 10.5 Å². The summed E-state index contributed by atoms with van der Waals surface area (Å²) in [7, 11) is 0. The van der Waals surface area contributed by atoms with Gasteiger partial charge >= 0.3 is 5.97 Å². The van der Waals surface area contributed by atoms with E-state index in [0.717, 1.165) is 14.9 Å². The molecule has 5 nitrogen and oxygen atoms in total. The molecule has 2 aromatic rings. The second-order valence-corrected chi connectivity index (χ2v) is 7.17. The summed E-state index contributed by atoms with van der Waals surface area (Å²) < 4.78 is 6.11. The molecule has 132 valence electrons. The number of hydrogen-bond donors (Lipinski definition) is 1.